The minimum Gasteiger partial charge on any atom is -0.495 e. The largest absolute Gasteiger partial charge is 0.495 e. The van der Waals surface area contributed by atoms with Gasteiger partial charge in [-0.1, -0.05) is 36.4 Å². The van der Waals surface area contributed by atoms with E-state index in [2.05, 4.69) is 32.7 Å². The number of amides is 1. The molecule has 3 aromatic rings. The van der Waals surface area contributed by atoms with E-state index in [1.807, 2.05) is 43.3 Å². The topological polar surface area (TPSA) is 76.1 Å². The van der Waals surface area contributed by atoms with Gasteiger partial charge in [0, 0.05) is 18.9 Å². The highest BCUT2D eigenvalue weighted by Crippen LogP contribution is 2.25. The summed E-state index contributed by atoms with van der Waals surface area (Å²) in [5.74, 6) is 0.819. The highest BCUT2D eigenvalue weighted by Gasteiger charge is 2.11. The van der Waals surface area contributed by atoms with E-state index in [0.29, 0.717) is 22.9 Å². The van der Waals surface area contributed by atoms with Gasteiger partial charge in [-0.25, -0.2) is 9.97 Å². The monoisotopic (exact) mass is 362 g/mol. The second-order valence-corrected chi connectivity index (χ2v) is 6.12. The lowest BCUT2D eigenvalue weighted by Crippen LogP contribution is -2.14. The predicted molar refractivity (Wildman–Crippen MR) is 106 cm³/mol. The molecule has 0 saturated heterocycles. The molecule has 0 aliphatic rings. The van der Waals surface area contributed by atoms with Gasteiger partial charge >= 0.3 is 0 Å². The molecule has 6 nitrogen and oxygen atoms in total. The summed E-state index contributed by atoms with van der Waals surface area (Å²) in [4.78, 5) is 20.9. The second kappa shape index (κ2) is 8.80. The average Bonchev–Trinajstić information content (AvgIpc) is 2.69. The van der Waals surface area contributed by atoms with Crippen LogP contribution in [0.5, 0.6) is 5.75 Å². The van der Waals surface area contributed by atoms with Crippen LogP contribution in [-0.4, -0.2) is 29.5 Å². The average molecular weight is 362 g/mol. The first-order valence-electron chi connectivity index (χ1n) is 8.71. The highest BCUT2D eigenvalue weighted by molar-refractivity contribution is 6.04. The summed E-state index contributed by atoms with van der Waals surface area (Å²) >= 11 is 0. The molecule has 3 rings (SSSR count). The quantitative estimate of drug-likeness (QED) is 0.670. The van der Waals surface area contributed by atoms with Crippen molar-refractivity contribution in [3.8, 4) is 5.75 Å². The van der Waals surface area contributed by atoms with E-state index in [0.717, 1.165) is 18.5 Å². The first-order valence-corrected chi connectivity index (χ1v) is 8.71. The Balaban J connectivity index is 1.58. The van der Waals surface area contributed by atoms with E-state index < -0.39 is 0 Å². The third-order valence-corrected chi connectivity index (χ3v) is 4.06. The zero-order valence-electron chi connectivity index (χ0n) is 15.4. The maximum absolute atomic E-state index is 12.4. The number of hydrogen-bond donors (Lipinski definition) is 2. The van der Waals surface area contributed by atoms with Crippen molar-refractivity contribution in [2.24, 2.45) is 0 Å². The van der Waals surface area contributed by atoms with Crippen molar-refractivity contribution in [3.63, 3.8) is 0 Å². The van der Waals surface area contributed by atoms with Gasteiger partial charge in [0.15, 0.2) is 0 Å². The van der Waals surface area contributed by atoms with Crippen LogP contribution < -0.4 is 15.4 Å². The summed E-state index contributed by atoms with van der Waals surface area (Å²) in [7, 11) is 1.57. The number of ether oxygens (including phenoxy) is 1. The van der Waals surface area contributed by atoms with Crippen LogP contribution in [0.2, 0.25) is 0 Å². The van der Waals surface area contributed by atoms with Crippen LogP contribution in [0.15, 0.2) is 60.9 Å². The van der Waals surface area contributed by atoms with Gasteiger partial charge in [-0.3, -0.25) is 4.79 Å². The second-order valence-electron chi connectivity index (χ2n) is 6.12. The maximum Gasteiger partial charge on any atom is 0.258 e. The Hall–Kier alpha value is -3.41. The summed E-state index contributed by atoms with van der Waals surface area (Å²) in [6.45, 7) is 2.67. The molecule has 1 heterocycles. The van der Waals surface area contributed by atoms with E-state index >= 15 is 0 Å². The number of carbonyl (C=O) groups excluding carboxylic acids is 1. The molecule has 0 fully saturated rings. The summed E-state index contributed by atoms with van der Waals surface area (Å²) in [6, 6.07) is 15.8. The van der Waals surface area contributed by atoms with Crippen molar-refractivity contribution in [1.29, 1.82) is 0 Å². The molecular weight excluding hydrogens is 340 g/mol. The van der Waals surface area contributed by atoms with Gasteiger partial charge in [0.1, 0.15) is 5.75 Å². The number of carbonyl (C=O) groups is 1. The minimum absolute atomic E-state index is 0.283. The van der Waals surface area contributed by atoms with Crippen LogP contribution in [0, 0.1) is 6.92 Å². The van der Waals surface area contributed by atoms with Crippen LogP contribution in [0.4, 0.5) is 11.6 Å². The van der Waals surface area contributed by atoms with E-state index in [9.17, 15) is 4.79 Å². The van der Waals surface area contributed by atoms with Gasteiger partial charge in [-0.2, -0.15) is 0 Å². The van der Waals surface area contributed by atoms with Gasteiger partial charge in [-0.15, -0.1) is 0 Å². The molecule has 0 radical (unpaired) electrons. The number of aryl methyl sites for hydroxylation is 1. The first-order chi connectivity index (χ1) is 13.2. The molecular formula is C21H22N4O2. The number of nitrogens with zero attached hydrogens (tertiary/aromatic N) is 2. The van der Waals surface area contributed by atoms with Crippen molar-refractivity contribution in [1.82, 2.24) is 9.97 Å². The molecule has 0 spiro atoms. The SMILES string of the molecule is COc1ccc(C)cc1NC(=O)c1cnc(NCCc2ccccc2)nc1. The Morgan fingerprint density at radius 2 is 1.81 bits per heavy atom. The number of aromatic nitrogens is 2. The number of methoxy groups -OCH3 is 1. The Bertz CT molecular complexity index is 896. The van der Waals surface area contributed by atoms with Crippen molar-refractivity contribution in [2.75, 3.05) is 24.3 Å². The Kier molecular flexibility index (Phi) is 5.99. The smallest absolute Gasteiger partial charge is 0.258 e. The summed E-state index contributed by atoms with van der Waals surface area (Å²) in [5.41, 5.74) is 3.27. The standard InChI is InChI=1S/C21H22N4O2/c1-15-8-9-19(27-2)18(12-15)25-20(26)17-13-23-21(24-14-17)22-11-10-16-6-4-3-5-7-16/h3-9,12-14H,10-11H2,1-2H3,(H,25,26)(H,22,23,24). The maximum atomic E-state index is 12.4. The van der Waals surface area contributed by atoms with E-state index in [1.165, 1.54) is 18.0 Å². The molecule has 1 amide bonds. The molecule has 1 aromatic heterocycles. The number of benzene rings is 2. The number of hydrogen-bond acceptors (Lipinski definition) is 5. The normalized spacial score (nSPS) is 10.3. The van der Waals surface area contributed by atoms with E-state index in [1.54, 1.807) is 7.11 Å². The molecule has 0 bridgehead atoms. The zero-order chi connectivity index (χ0) is 19.1. The van der Waals surface area contributed by atoms with Gasteiger partial charge < -0.3 is 15.4 Å². The lowest BCUT2D eigenvalue weighted by molar-refractivity contribution is 0.102. The van der Waals surface area contributed by atoms with Crippen LogP contribution in [-0.2, 0) is 6.42 Å². The van der Waals surface area contributed by atoms with Crippen molar-refractivity contribution < 1.29 is 9.53 Å². The van der Waals surface area contributed by atoms with Gasteiger partial charge in [-0.05, 0) is 36.6 Å². The third-order valence-electron chi connectivity index (χ3n) is 4.06. The van der Waals surface area contributed by atoms with E-state index in [-0.39, 0.29) is 5.91 Å². The predicted octanol–water partition coefficient (Wildman–Crippen LogP) is 3.70. The van der Waals surface area contributed by atoms with Crippen molar-refractivity contribution in [2.45, 2.75) is 13.3 Å². The van der Waals surface area contributed by atoms with Crippen LogP contribution >= 0.6 is 0 Å². The number of anilines is 2. The third kappa shape index (κ3) is 5.04. The molecule has 2 N–H and O–H groups in total. The molecule has 0 aliphatic heterocycles. The molecule has 138 valence electrons. The zero-order valence-corrected chi connectivity index (χ0v) is 15.4. The summed E-state index contributed by atoms with van der Waals surface area (Å²) in [6.07, 6.45) is 3.89. The summed E-state index contributed by atoms with van der Waals surface area (Å²) in [5, 5.41) is 6.00. The molecule has 0 unspecified atom stereocenters. The van der Waals surface area contributed by atoms with Crippen molar-refractivity contribution in [3.05, 3.63) is 77.6 Å². The lowest BCUT2D eigenvalue weighted by Gasteiger charge is -2.11. The Morgan fingerprint density at radius 1 is 1.07 bits per heavy atom. The molecule has 6 heteroatoms. The number of rotatable bonds is 7. The highest BCUT2D eigenvalue weighted by atomic mass is 16.5. The van der Waals surface area contributed by atoms with Crippen LogP contribution in [0.25, 0.3) is 0 Å². The molecule has 2 aromatic carbocycles. The van der Waals surface area contributed by atoms with Crippen LogP contribution in [0.3, 0.4) is 0 Å². The summed E-state index contributed by atoms with van der Waals surface area (Å²) < 4.78 is 5.28. The van der Waals surface area contributed by atoms with Gasteiger partial charge in [0.05, 0.1) is 18.4 Å². The molecule has 27 heavy (non-hydrogen) atoms. The Labute approximate surface area is 158 Å². The van der Waals surface area contributed by atoms with Crippen LogP contribution in [0.1, 0.15) is 21.5 Å². The fourth-order valence-electron chi connectivity index (χ4n) is 2.61. The van der Waals surface area contributed by atoms with Crippen molar-refractivity contribution >= 4 is 17.5 Å². The fourth-order valence-corrected chi connectivity index (χ4v) is 2.61. The van der Waals surface area contributed by atoms with Gasteiger partial charge in [0.25, 0.3) is 5.91 Å². The molecule has 0 saturated carbocycles. The molecule has 0 aliphatic carbocycles. The van der Waals surface area contributed by atoms with Gasteiger partial charge in [0.2, 0.25) is 5.95 Å². The Morgan fingerprint density at radius 3 is 2.52 bits per heavy atom. The number of nitrogens with one attached hydrogen (secondary N) is 2. The minimum atomic E-state index is -0.283. The first kappa shape index (κ1) is 18.4. The van der Waals surface area contributed by atoms with E-state index in [4.69, 9.17) is 4.74 Å². The molecule has 0 atom stereocenters. The fraction of sp³-hybridized carbons (Fsp3) is 0.190. The lowest BCUT2D eigenvalue weighted by atomic mass is 10.1.